The minimum absolute atomic E-state index is 0.0137. The molecule has 0 radical (unpaired) electrons. The topological polar surface area (TPSA) is 110 Å². The van der Waals surface area contributed by atoms with Gasteiger partial charge in [0.05, 0.1) is 16.9 Å². The van der Waals surface area contributed by atoms with Gasteiger partial charge in [0.15, 0.2) is 11.6 Å². The molecule has 3 aliphatic rings. The van der Waals surface area contributed by atoms with Gasteiger partial charge < -0.3 is 10.2 Å². The van der Waals surface area contributed by atoms with Crippen molar-refractivity contribution in [1.29, 1.82) is 0 Å². The second-order valence-electron chi connectivity index (χ2n) is 10.6. The largest absolute Gasteiger partial charge is 0.358 e. The van der Waals surface area contributed by atoms with Gasteiger partial charge in [0.25, 0.3) is 5.69 Å². The number of halogens is 1. The van der Waals surface area contributed by atoms with Gasteiger partial charge in [-0.25, -0.2) is 4.39 Å². The zero-order chi connectivity index (χ0) is 29.2. The van der Waals surface area contributed by atoms with E-state index in [2.05, 4.69) is 5.32 Å². The normalized spacial score (nSPS) is 23.2. The van der Waals surface area contributed by atoms with Crippen LogP contribution in [0.3, 0.4) is 0 Å². The highest BCUT2D eigenvalue weighted by molar-refractivity contribution is 6.16. The van der Waals surface area contributed by atoms with Crippen molar-refractivity contribution in [3.05, 3.63) is 147 Å². The molecule has 7 rings (SSSR count). The molecule has 0 saturated carbocycles. The number of amides is 1. The van der Waals surface area contributed by atoms with E-state index in [9.17, 15) is 28.9 Å². The molecule has 1 spiro atoms. The number of para-hydroxylation sites is 1. The summed E-state index contributed by atoms with van der Waals surface area (Å²) < 4.78 is 13.9. The highest BCUT2D eigenvalue weighted by Gasteiger charge is 2.70. The van der Waals surface area contributed by atoms with Crippen molar-refractivity contribution in [1.82, 2.24) is 4.90 Å². The molecule has 4 aromatic rings. The molecule has 0 bridgehead atoms. The number of anilines is 1. The van der Waals surface area contributed by atoms with E-state index in [4.69, 9.17) is 0 Å². The van der Waals surface area contributed by atoms with Crippen molar-refractivity contribution >= 4 is 34.9 Å². The number of non-ortho nitro benzene ring substituents is 1. The van der Waals surface area contributed by atoms with Crippen LogP contribution in [0.1, 0.15) is 43.4 Å². The van der Waals surface area contributed by atoms with Crippen LogP contribution < -0.4 is 5.32 Å². The van der Waals surface area contributed by atoms with Crippen molar-refractivity contribution in [3.8, 4) is 0 Å². The number of carbonyl (C=O) groups excluding carboxylic acids is 3. The van der Waals surface area contributed by atoms with Gasteiger partial charge in [-0.15, -0.1) is 0 Å². The highest BCUT2D eigenvalue weighted by atomic mass is 19.1. The Morgan fingerprint density at radius 3 is 2.40 bits per heavy atom. The van der Waals surface area contributed by atoms with E-state index in [0.717, 1.165) is 11.1 Å². The lowest BCUT2D eigenvalue weighted by Crippen LogP contribution is -2.49. The third-order valence-electron chi connectivity index (χ3n) is 8.59. The molecule has 0 aliphatic carbocycles. The van der Waals surface area contributed by atoms with E-state index in [1.807, 2.05) is 30.3 Å². The maximum atomic E-state index is 14.7. The molecule has 1 amide bonds. The molecule has 42 heavy (non-hydrogen) atoms. The average Bonchev–Trinajstić information content (AvgIpc) is 3.49. The van der Waals surface area contributed by atoms with Gasteiger partial charge in [-0.05, 0) is 53.1 Å². The van der Waals surface area contributed by atoms with Crippen molar-refractivity contribution in [2.24, 2.45) is 5.92 Å². The van der Waals surface area contributed by atoms with Crippen LogP contribution in [0.4, 0.5) is 15.8 Å². The van der Waals surface area contributed by atoms with E-state index in [1.165, 1.54) is 48.5 Å². The Bertz CT molecular complexity index is 1850. The molecule has 1 fully saturated rings. The van der Waals surface area contributed by atoms with Crippen LogP contribution in [0.25, 0.3) is 6.08 Å². The summed E-state index contributed by atoms with van der Waals surface area (Å²) in [4.78, 5) is 56.3. The Balaban J connectivity index is 1.53. The molecule has 3 heterocycles. The molecule has 4 atom stereocenters. The van der Waals surface area contributed by atoms with Crippen LogP contribution in [0.15, 0.2) is 103 Å². The van der Waals surface area contributed by atoms with Crippen LogP contribution >= 0.6 is 0 Å². The van der Waals surface area contributed by atoms with Gasteiger partial charge in [-0.2, -0.15) is 0 Å². The summed E-state index contributed by atoms with van der Waals surface area (Å²) in [6, 6.07) is 23.0. The van der Waals surface area contributed by atoms with Crippen molar-refractivity contribution in [2.45, 2.75) is 17.5 Å². The number of nitro benzene ring substituents is 1. The molecule has 3 aliphatic heterocycles. The molecule has 1 N–H and O–H groups in total. The first kappa shape index (κ1) is 25.5. The Hall–Kier alpha value is -5.44. The quantitative estimate of drug-likeness (QED) is 0.190. The van der Waals surface area contributed by atoms with Gasteiger partial charge in [0, 0.05) is 35.1 Å². The number of ketones is 2. The molecular formula is C33H22FN3O5. The highest BCUT2D eigenvalue weighted by Crippen LogP contribution is 2.62. The first-order valence-electron chi connectivity index (χ1n) is 13.4. The molecule has 0 aromatic heterocycles. The maximum absolute atomic E-state index is 14.7. The lowest BCUT2D eigenvalue weighted by Gasteiger charge is -2.38. The zero-order valence-corrected chi connectivity index (χ0v) is 21.9. The zero-order valence-electron chi connectivity index (χ0n) is 21.9. The van der Waals surface area contributed by atoms with Gasteiger partial charge in [-0.3, -0.25) is 24.5 Å². The van der Waals surface area contributed by atoms with E-state index in [0.29, 0.717) is 11.3 Å². The molecule has 206 valence electrons. The van der Waals surface area contributed by atoms with Crippen LogP contribution in [-0.2, 0) is 10.2 Å². The fourth-order valence-electron chi connectivity index (χ4n) is 6.90. The van der Waals surface area contributed by atoms with Gasteiger partial charge in [0.2, 0.25) is 5.91 Å². The van der Waals surface area contributed by atoms with Crippen LogP contribution in [-0.4, -0.2) is 33.3 Å². The second-order valence-corrected chi connectivity index (χ2v) is 10.6. The predicted molar refractivity (Wildman–Crippen MR) is 152 cm³/mol. The SMILES string of the molecule is O=C(c1ccc(F)cc1)[C@@H]1[C@@H](C(=O)c2cccc([N+](=O)[O-])c2)[C@@]2(C(=O)Nc3ccccc32)[C@H]2c3ccccc3C=CN12. The smallest absolute Gasteiger partial charge is 0.270 e. The third-order valence-corrected chi connectivity index (χ3v) is 8.59. The van der Waals surface area contributed by atoms with E-state index >= 15 is 0 Å². The van der Waals surface area contributed by atoms with E-state index < -0.39 is 51.6 Å². The maximum Gasteiger partial charge on any atom is 0.270 e. The lowest BCUT2D eigenvalue weighted by molar-refractivity contribution is -0.384. The summed E-state index contributed by atoms with van der Waals surface area (Å²) in [5, 5.41) is 14.6. The fourth-order valence-corrected chi connectivity index (χ4v) is 6.90. The van der Waals surface area contributed by atoms with E-state index in [-0.39, 0.29) is 16.8 Å². The standard InChI is InChI=1S/C33H22FN3O5/c34-22-14-12-20(13-15-22)30(39)28-27(29(38)21-7-5-8-23(18-21)37(41)42)33(25-10-3-4-11-26(25)35-32(33)40)31-24-9-2-1-6-19(24)16-17-36(28)31/h1-18,27-28,31H,(H,35,40)/t27-,28-,31+,33+/m0/s1. The van der Waals surface area contributed by atoms with Crippen LogP contribution in [0.2, 0.25) is 0 Å². The van der Waals surface area contributed by atoms with Crippen molar-refractivity contribution in [2.75, 3.05) is 5.32 Å². The summed E-state index contributed by atoms with van der Waals surface area (Å²) in [6.45, 7) is 0. The molecule has 1 saturated heterocycles. The Morgan fingerprint density at radius 1 is 0.881 bits per heavy atom. The van der Waals surface area contributed by atoms with Crippen molar-refractivity contribution < 1.29 is 23.7 Å². The summed E-state index contributed by atoms with van der Waals surface area (Å²) in [6.07, 6.45) is 3.57. The second kappa shape index (κ2) is 9.31. The summed E-state index contributed by atoms with van der Waals surface area (Å²) in [5.41, 5.74) is 1.03. The number of nitrogens with one attached hydrogen (secondary N) is 1. The van der Waals surface area contributed by atoms with Gasteiger partial charge >= 0.3 is 0 Å². The average molecular weight is 560 g/mol. The number of hydrogen-bond donors (Lipinski definition) is 1. The Kier molecular flexibility index (Phi) is 5.65. The number of benzene rings is 4. The minimum Gasteiger partial charge on any atom is -0.358 e. The molecule has 9 heteroatoms. The number of carbonyl (C=O) groups is 3. The van der Waals surface area contributed by atoms with Crippen LogP contribution in [0.5, 0.6) is 0 Å². The number of rotatable bonds is 5. The summed E-state index contributed by atoms with van der Waals surface area (Å²) in [5.74, 6) is -3.30. The fraction of sp³-hybridized carbons (Fsp3) is 0.121. The Labute approximate surface area is 239 Å². The number of nitro groups is 1. The van der Waals surface area contributed by atoms with Gasteiger partial charge in [0.1, 0.15) is 17.3 Å². The van der Waals surface area contributed by atoms with Crippen molar-refractivity contribution in [3.63, 3.8) is 0 Å². The van der Waals surface area contributed by atoms with Crippen LogP contribution in [0, 0.1) is 21.8 Å². The van der Waals surface area contributed by atoms with E-state index in [1.54, 1.807) is 35.4 Å². The predicted octanol–water partition coefficient (Wildman–Crippen LogP) is 5.72. The molecule has 8 nitrogen and oxygen atoms in total. The molecule has 0 unspecified atom stereocenters. The number of Topliss-reactive ketones (excluding diaryl/α,β-unsaturated/α-hetero) is 2. The molecular weight excluding hydrogens is 537 g/mol. The first-order chi connectivity index (χ1) is 20.3. The lowest BCUT2D eigenvalue weighted by atomic mass is 9.62. The summed E-state index contributed by atoms with van der Waals surface area (Å²) in [7, 11) is 0. The summed E-state index contributed by atoms with van der Waals surface area (Å²) >= 11 is 0. The first-order valence-corrected chi connectivity index (χ1v) is 13.4. The number of fused-ring (bicyclic) bond motifs is 6. The molecule has 4 aromatic carbocycles. The number of hydrogen-bond acceptors (Lipinski definition) is 6. The van der Waals surface area contributed by atoms with Gasteiger partial charge in [-0.1, -0.05) is 54.6 Å². The minimum atomic E-state index is -1.57. The number of nitrogens with zero attached hydrogens (tertiary/aromatic N) is 2. The Morgan fingerprint density at radius 2 is 1.62 bits per heavy atom. The monoisotopic (exact) mass is 559 g/mol. The third kappa shape index (κ3) is 3.49.